The smallest absolute Gasteiger partial charge is 0.416 e. The molecule has 44 heavy (non-hydrogen) atoms. The predicted octanol–water partition coefficient (Wildman–Crippen LogP) is 4.98. The Morgan fingerprint density at radius 3 is 2.59 bits per heavy atom. The zero-order chi connectivity index (χ0) is 31.1. The normalized spacial score (nSPS) is 21.0. The van der Waals surface area contributed by atoms with Gasteiger partial charge in [-0.05, 0) is 54.8 Å². The maximum Gasteiger partial charge on any atom is 0.416 e. The van der Waals surface area contributed by atoms with Gasteiger partial charge in [0.15, 0.2) is 0 Å². The topological polar surface area (TPSA) is 119 Å². The van der Waals surface area contributed by atoms with Crippen LogP contribution < -0.4 is 20.1 Å². The number of alkyl carbamates (subject to hydrolysis) is 1. The Kier molecular flexibility index (Phi) is 10.5. The number of carbonyl (C=O) groups excluding carboxylic acids is 2. The molecule has 2 aromatic rings. The van der Waals surface area contributed by atoms with Crippen LogP contribution in [0, 0.1) is 12.8 Å². The fraction of sp³-hybridized carbons (Fsp3) is 0.394. The molecule has 2 aromatic carbocycles. The molecule has 0 bridgehead atoms. The third-order valence-electron chi connectivity index (χ3n) is 7.85. The molecule has 0 aromatic heterocycles. The van der Waals surface area contributed by atoms with Crippen molar-refractivity contribution in [3.8, 4) is 11.5 Å². The summed E-state index contributed by atoms with van der Waals surface area (Å²) in [5.41, 5.74) is 4.23. The van der Waals surface area contributed by atoms with E-state index in [1.165, 1.54) is 12.7 Å². The van der Waals surface area contributed by atoms with Gasteiger partial charge in [0, 0.05) is 43.3 Å². The molecular formula is C33H38ClN3O7. The predicted molar refractivity (Wildman–Crippen MR) is 166 cm³/mol. The summed E-state index contributed by atoms with van der Waals surface area (Å²) in [5.74, 6) is 1.25. The minimum absolute atomic E-state index is 0.0480. The van der Waals surface area contributed by atoms with Gasteiger partial charge in [-0.25, -0.2) is 9.59 Å². The molecular weight excluding hydrogens is 586 g/mol. The summed E-state index contributed by atoms with van der Waals surface area (Å²) < 4.78 is 21.4. The van der Waals surface area contributed by atoms with Gasteiger partial charge in [0.2, 0.25) is 0 Å². The van der Waals surface area contributed by atoms with Crippen LogP contribution in [0.25, 0.3) is 0 Å². The lowest BCUT2D eigenvalue weighted by atomic mass is 9.85. The third kappa shape index (κ3) is 7.74. The summed E-state index contributed by atoms with van der Waals surface area (Å²) in [6.07, 6.45) is 5.25. The molecule has 0 spiro atoms. The van der Waals surface area contributed by atoms with E-state index in [4.69, 9.17) is 30.5 Å². The van der Waals surface area contributed by atoms with Gasteiger partial charge in [-0.1, -0.05) is 53.6 Å². The number of hydrogen-bond acceptors (Lipinski definition) is 8. The molecule has 0 fully saturated rings. The molecule has 3 N–H and O–H groups in total. The number of halogens is 1. The van der Waals surface area contributed by atoms with E-state index in [1.807, 2.05) is 49.4 Å². The molecule has 0 radical (unpaired) electrons. The largest absolute Gasteiger partial charge is 0.493 e. The van der Waals surface area contributed by atoms with Gasteiger partial charge in [0.1, 0.15) is 24.1 Å². The van der Waals surface area contributed by atoms with Gasteiger partial charge >= 0.3 is 12.2 Å². The van der Waals surface area contributed by atoms with Crippen LogP contribution >= 0.6 is 11.6 Å². The van der Waals surface area contributed by atoms with Crippen LogP contribution in [0.3, 0.4) is 0 Å². The van der Waals surface area contributed by atoms with Gasteiger partial charge in [-0.15, -0.1) is 0 Å². The van der Waals surface area contributed by atoms with Crippen molar-refractivity contribution < 1.29 is 33.6 Å². The number of aryl methyl sites for hydroxylation is 1. The Labute approximate surface area is 262 Å². The van der Waals surface area contributed by atoms with Crippen LogP contribution in [0.15, 0.2) is 83.1 Å². The highest BCUT2D eigenvalue weighted by Crippen LogP contribution is 2.45. The second kappa shape index (κ2) is 14.7. The van der Waals surface area contributed by atoms with Crippen molar-refractivity contribution in [2.75, 3.05) is 40.0 Å². The van der Waals surface area contributed by atoms with Gasteiger partial charge in [-0.3, -0.25) is 4.90 Å². The van der Waals surface area contributed by atoms with E-state index in [2.05, 4.69) is 22.8 Å². The molecule has 0 saturated carbocycles. The molecule has 3 unspecified atom stereocenters. The lowest BCUT2D eigenvalue weighted by molar-refractivity contribution is 0.0910. The minimum atomic E-state index is -0.793. The number of hydrogen-bond donors (Lipinski definition) is 3. The number of carbonyl (C=O) groups is 2. The first-order valence-corrected chi connectivity index (χ1v) is 15.1. The van der Waals surface area contributed by atoms with Crippen molar-refractivity contribution in [2.45, 2.75) is 38.0 Å². The van der Waals surface area contributed by atoms with Gasteiger partial charge in [-0.2, -0.15) is 0 Å². The molecule has 10 nitrogen and oxygen atoms in total. The zero-order valence-electron chi connectivity index (χ0n) is 24.8. The summed E-state index contributed by atoms with van der Waals surface area (Å²) in [5, 5.41) is 17.1. The Bertz CT molecular complexity index is 1410. The number of fused-ring (bicyclic) bond motifs is 2. The molecule has 3 aliphatic rings. The maximum atomic E-state index is 13.5. The number of aliphatic hydroxyl groups is 1. The number of benzene rings is 2. The highest BCUT2D eigenvalue weighted by atomic mass is 35.5. The highest BCUT2D eigenvalue weighted by Gasteiger charge is 2.43. The number of amides is 2. The van der Waals surface area contributed by atoms with E-state index < -0.39 is 18.3 Å². The number of nitrogens with zero attached hydrogens (tertiary/aromatic N) is 1. The molecule has 5 rings (SSSR count). The first-order chi connectivity index (χ1) is 21.3. The van der Waals surface area contributed by atoms with E-state index in [0.29, 0.717) is 42.5 Å². The summed E-state index contributed by atoms with van der Waals surface area (Å²) in [6, 6.07) is 14.7. The highest BCUT2D eigenvalue weighted by molar-refractivity contribution is 6.31. The van der Waals surface area contributed by atoms with Crippen molar-refractivity contribution in [1.82, 2.24) is 15.5 Å². The molecule has 234 valence electrons. The lowest BCUT2D eigenvalue weighted by Gasteiger charge is -2.37. The molecule has 11 heteroatoms. The third-order valence-corrected chi connectivity index (χ3v) is 8.10. The number of rotatable bonds is 11. The van der Waals surface area contributed by atoms with Crippen LogP contribution in [-0.2, 0) is 9.47 Å². The fourth-order valence-corrected chi connectivity index (χ4v) is 5.78. The Morgan fingerprint density at radius 1 is 1.09 bits per heavy atom. The maximum absolute atomic E-state index is 13.5. The lowest BCUT2D eigenvalue weighted by Crippen LogP contribution is -2.43. The second-order valence-electron chi connectivity index (χ2n) is 10.9. The average molecular weight is 624 g/mol. The quantitative estimate of drug-likeness (QED) is 0.300. The number of nitrogens with one attached hydrogen (secondary N) is 2. The number of aliphatic hydroxyl groups excluding tert-OH is 1. The van der Waals surface area contributed by atoms with Crippen molar-refractivity contribution in [1.29, 1.82) is 0 Å². The van der Waals surface area contributed by atoms with Crippen LogP contribution in [-0.4, -0.2) is 74.4 Å². The standard InChI is InChI=1S/C33H38ClN3O7/c1-21-3-8-26(9-4-21)44-33(40)37-15-13-27-28-19-23(34)7-12-29(28)36-30(27)31(37)22-5-10-25(11-6-22)42-16-14-24(38)20-35-32(39)43-18-17-41-2/h3-12,19,24,28-29,31,36,38H,13-18,20H2,1-2H3,(H,35,39)/t24?,28?,29?,31-/m0/s1. The molecule has 4 atom stereocenters. The van der Waals surface area contributed by atoms with Crippen LogP contribution in [0.4, 0.5) is 9.59 Å². The fourth-order valence-electron chi connectivity index (χ4n) is 5.57. The first-order valence-electron chi connectivity index (χ1n) is 14.7. The molecule has 2 heterocycles. The molecule has 0 saturated heterocycles. The first kappa shape index (κ1) is 31.4. The van der Waals surface area contributed by atoms with E-state index in [1.54, 1.807) is 17.0 Å². The van der Waals surface area contributed by atoms with E-state index >= 15 is 0 Å². The number of methoxy groups -OCH3 is 1. The van der Waals surface area contributed by atoms with Gasteiger partial charge < -0.3 is 34.7 Å². The van der Waals surface area contributed by atoms with Crippen molar-refractivity contribution in [3.63, 3.8) is 0 Å². The van der Waals surface area contributed by atoms with Crippen LogP contribution in [0.2, 0.25) is 0 Å². The molecule has 2 amide bonds. The van der Waals surface area contributed by atoms with E-state index in [-0.39, 0.29) is 37.8 Å². The second-order valence-corrected chi connectivity index (χ2v) is 11.4. The monoisotopic (exact) mass is 623 g/mol. The zero-order valence-corrected chi connectivity index (χ0v) is 25.6. The Balaban J connectivity index is 1.25. The van der Waals surface area contributed by atoms with E-state index in [0.717, 1.165) is 16.8 Å². The number of allylic oxidation sites excluding steroid dienone is 2. The summed E-state index contributed by atoms with van der Waals surface area (Å²) in [6.45, 7) is 3.22. The Morgan fingerprint density at radius 2 is 1.84 bits per heavy atom. The summed E-state index contributed by atoms with van der Waals surface area (Å²) in [4.78, 5) is 26.9. The summed E-state index contributed by atoms with van der Waals surface area (Å²) >= 11 is 6.36. The van der Waals surface area contributed by atoms with Gasteiger partial charge in [0.25, 0.3) is 0 Å². The SMILES string of the molecule is COCCOC(=O)NCC(O)CCOc1ccc([C@H]2C3=C(CCN2C(=O)Oc2ccc(C)cc2)C2C=C(Cl)C=CC2N3)cc1. The van der Waals surface area contributed by atoms with Crippen molar-refractivity contribution in [2.24, 2.45) is 5.92 Å². The van der Waals surface area contributed by atoms with Crippen molar-refractivity contribution in [3.05, 3.63) is 94.2 Å². The molecule has 2 aliphatic heterocycles. The minimum Gasteiger partial charge on any atom is -0.493 e. The van der Waals surface area contributed by atoms with E-state index in [9.17, 15) is 14.7 Å². The molecule has 1 aliphatic carbocycles. The Hall–Kier alpha value is -3.99. The van der Waals surface area contributed by atoms with Crippen LogP contribution in [0.5, 0.6) is 11.5 Å². The number of ether oxygens (including phenoxy) is 4. The van der Waals surface area contributed by atoms with Crippen molar-refractivity contribution >= 4 is 23.8 Å². The average Bonchev–Trinajstić information content (AvgIpc) is 3.39. The summed E-state index contributed by atoms with van der Waals surface area (Å²) in [7, 11) is 1.52. The van der Waals surface area contributed by atoms with Gasteiger partial charge in [0.05, 0.1) is 25.4 Å². The van der Waals surface area contributed by atoms with Crippen LogP contribution in [0.1, 0.15) is 30.0 Å².